The Morgan fingerprint density at radius 1 is 1.25 bits per heavy atom. The first-order valence-corrected chi connectivity index (χ1v) is 3.35. The zero-order valence-corrected chi connectivity index (χ0v) is 7.18. The zero-order valence-electron chi connectivity index (χ0n) is 6.36. The Bertz CT molecular complexity index is 194. The average Bonchev–Trinajstić information content (AvgIpc) is 1.60. The molecule has 0 N–H and O–H groups in total. The molecule has 5 nitrogen and oxygen atoms in total. The second-order valence-corrected chi connectivity index (χ2v) is 2.67. The number of hydrogen-bond acceptors (Lipinski definition) is 5. The third-order valence-corrected chi connectivity index (χ3v) is 1.29. The van der Waals surface area contributed by atoms with Crippen molar-refractivity contribution in [2.24, 2.45) is 0 Å². The molecule has 0 radical (unpaired) electrons. The molecule has 60 valence electrons. The van der Waals surface area contributed by atoms with Crippen LogP contribution in [0.15, 0.2) is 0 Å². The van der Waals surface area contributed by atoms with Crippen LogP contribution in [0, 0.1) is 0 Å². The molecule has 0 aromatic rings. The maximum atomic E-state index is 11.2. The molecule has 0 spiro atoms. The van der Waals surface area contributed by atoms with E-state index in [4.69, 9.17) is 0 Å². The Labute approximate surface area is 92.1 Å². The minimum Gasteiger partial charge on any atom is -0.870 e. The van der Waals surface area contributed by atoms with Crippen molar-refractivity contribution in [2.75, 3.05) is 0 Å². The summed E-state index contributed by atoms with van der Waals surface area (Å²) >= 11 is 0. The van der Waals surface area contributed by atoms with Gasteiger partial charge in [0.25, 0.3) is 0 Å². The van der Waals surface area contributed by atoms with Gasteiger partial charge < -0.3 is 14.1 Å². The van der Waals surface area contributed by atoms with Crippen LogP contribution in [0.4, 0.5) is 8.78 Å². The largest absolute Gasteiger partial charge is 1.00 e. The normalized spacial score (nSPS) is 10.1. The minimum absolute atomic E-state index is 0. The first-order valence-electron chi connectivity index (χ1n) is 1.88. The van der Waals surface area contributed by atoms with Gasteiger partial charge in [0.15, 0.2) is 0 Å². The summed E-state index contributed by atoms with van der Waals surface area (Å²) in [7, 11) is -8.49. The Hall–Kier alpha value is 0.950. The van der Waals surface area contributed by atoms with Gasteiger partial charge in [0.1, 0.15) is 0 Å². The molecule has 0 fully saturated rings. The van der Waals surface area contributed by atoms with Crippen LogP contribution in [-0.4, -0.2) is 21.5 Å². The molecule has 0 amide bonds. The van der Waals surface area contributed by atoms with Gasteiger partial charge in [0.2, 0.25) is 0 Å². The van der Waals surface area contributed by atoms with Gasteiger partial charge >= 0.3 is 53.6 Å². The van der Waals surface area contributed by atoms with Crippen molar-refractivity contribution >= 4 is 17.4 Å². The van der Waals surface area contributed by atoms with Crippen LogP contribution >= 0.6 is 0 Å². The molecule has 0 saturated heterocycles. The van der Waals surface area contributed by atoms with Crippen molar-refractivity contribution in [3.63, 3.8) is 0 Å². The Kier molecular flexibility index (Phi) is 11.5. The summed E-state index contributed by atoms with van der Waals surface area (Å²) in [6, 6.07) is 0. The van der Waals surface area contributed by atoms with E-state index >= 15 is 0 Å². The van der Waals surface area contributed by atoms with E-state index in [1.807, 2.05) is 0 Å². The fourth-order valence-corrected chi connectivity index (χ4v) is 0.455. The molecule has 0 rings (SSSR count). The van der Waals surface area contributed by atoms with Gasteiger partial charge in [0.05, 0.1) is 7.32 Å². The van der Waals surface area contributed by atoms with Gasteiger partial charge in [0, 0.05) is 0 Å². The number of hydrogen-bond donors (Lipinski definition) is 0. The summed E-state index contributed by atoms with van der Waals surface area (Å²) in [5.74, 6) is -3.85. The van der Waals surface area contributed by atoms with Crippen LogP contribution in [-0.2, 0) is 14.2 Å². The fourth-order valence-electron chi connectivity index (χ4n) is 0.152. The van der Waals surface area contributed by atoms with Crippen molar-refractivity contribution < 1.29 is 69.1 Å². The van der Waals surface area contributed by atoms with Gasteiger partial charge in [-0.25, -0.2) is 0 Å². The molecular formula is CHBF2Li2O5S. The average molecular weight is 188 g/mol. The third kappa shape index (κ3) is 7.59. The molecule has 0 aliphatic carbocycles. The molecule has 12 heavy (non-hydrogen) atoms. The molecule has 0 aromatic heterocycles. The van der Waals surface area contributed by atoms with Gasteiger partial charge in [-0.15, -0.1) is 0 Å². The molecule has 0 bridgehead atoms. The van der Waals surface area contributed by atoms with Crippen LogP contribution in [0.2, 0.25) is 0 Å². The summed E-state index contributed by atoms with van der Waals surface area (Å²) in [4.78, 5) is 0. The van der Waals surface area contributed by atoms with Crippen LogP contribution in [0.5, 0.6) is 0 Å². The number of alkyl halides is 2. The number of rotatable bonds is 3. The second kappa shape index (κ2) is 7.36. The van der Waals surface area contributed by atoms with Gasteiger partial charge in [-0.05, 0) is 0 Å². The molecule has 0 aliphatic rings. The SMILES string of the molecule is O=S(=O)(OB([O-])[O-])C(F)F.[Li+].[Li+]. The molecule has 0 aromatic carbocycles. The first kappa shape index (κ1) is 18.7. The molecule has 0 atom stereocenters. The Morgan fingerprint density at radius 3 is 1.67 bits per heavy atom. The summed E-state index contributed by atoms with van der Waals surface area (Å²) in [6.45, 7) is 0. The zero-order chi connectivity index (χ0) is 8.36. The maximum Gasteiger partial charge on any atom is 1.00 e. The van der Waals surface area contributed by atoms with Crippen molar-refractivity contribution in [3.8, 4) is 0 Å². The monoisotopic (exact) mass is 188 g/mol. The van der Waals surface area contributed by atoms with E-state index in [1.165, 1.54) is 0 Å². The van der Waals surface area contributed by atoms with Gasteiger partial charge in [-0.1, -0.05) is 0 Å². The van der Waals surface area contributed by atoms with Crippen LogP contribution in [0.3, 0.4) is 0 Å². The van der Waals surface area contributed by atoms with Crippen LogP contribution in [0.1, 0.15) is 0 Å². The number of halogens is 2. The predicted octanol–water partition coefficient (Wildman–Crippen LogP) is -8.73. The maximum absolute atomic E-state index is 11.2. The summed E-state index contributed by atoms with van der Waals surface area (Å²) in [6.07, 6.45) is 0. The molecule has 0 unspecified atom stereocenters. The topological polar surface area (TPSA) is 89.5 Å². The second-order valence-electron chi connectivity index (χ2n) is 1.14. The van der Waals surface area contributed by atoms with Crippen molar-refractivity contribution in [2.45, 2.75) is 5.76 Å². The van der Waals surface area contributed by atoms with Gasteiger partial charge in [-0.3, -0.25) is 0 Å². The minimum atomic E-state index is -5.26. The standard InChI is InChI=1S/CHBF2O5S.2Li/c3-1(4)10(7,8)9-2(5)6;;/h1H;;/q-2;2*+1. The van der Waals surface area contributed by atoms with Gasteiger partial charge in [-0.2, -0.15) is 17.2 Å². The summed E-state index contributed by atoms with van der Waals surface area (Å²) < 4.78 is 44.7. The van der Waals surface area contributed by atoms with E-state index in [-0.39, 0.29) is 37.7 Å². The van der Waals surface area contributed by atoms with E-state index < -0.39 is 23.2 Å². The Morgan fingerprint density at radius 2 is 1.58 bits per heavy atom. The molecule has 11 heteroatoms. The van der Waals surface area contributed by atoms with Crippen molar-refractivity contribution in [1.82, 2.24) is 0 Å². The first-order chi connectivity index (χ1) is 4.36. The van der Waals surface area contributed by atoms with Crippen LogP contribution in [0.25, 0.3) is 0 Å². The van der Waals surface area contributed by atoms with E-state index in [0.717, 1.165) is 0 Å². The summed E-state index contributed by atoms with van der Waals surface area (Å²) in [5.41, 5.74) is 0. The molecule has 0 aliphatic heterocycles. The van der Waals surface area contributed by atoms with E-state index in [2.05, 4.69) is 4.10 Å². The van der Waals surface area contributed by atoms with E-state index in [9.17, 15) is 27.2 Å². The van der Waals surface area contributed by atoms with E-state index in [0.29, 0.717) is 0 Å². The smallest absolute Gasteiger partial charge is 0.870 e. The predicted molar refractivity (Wildman–Crippen MR) is 21.8 cm³/mol. The van der Waals surface area contributed by atoms with Crippen molar-refractivity contribution in [1.29, 1.82) is 0 Å². The Balaban J connectivity index is -0.000000405. The molecule has 0 saturated carbocycles. The third-order valence-electron chi connectivity index (χ3n) is 0.431. The van der Waals surface area contributed by atoms with Crippen molar-refractivity contribution in [3.05, 3.63) is 0 Å². The summed E-state index contributed by atoms with van der Waals surface area (Å²) in [5, 5.41) is 18.7. The molecule has 0 heterocycles. The molecular weight excluding hydrogens is 187 g/mol. The fraction of sp³-hybridized carbons (Fsp3) is 1.00. The quantitative estimate of drug-likeness (QED) is 0.410. The van der Waals surface area contributed by atoms with E-state index in [1.54, 1.807) is 0 Å². The van der Waals surface area contributed by atoms with Crippen LogP contribution < -0.4 is 47.8 Å².